The van der Waals surface area contributed by atoms with Gasteiger partial charge in [0.15, 0.2) is 0 Å². The zero-order valence-corrected chi connectivity index (χ0v) is 20.8. The summed E-state index contributed by atoms with van der Waals surface area (Å²) in [6.07, 6.45) is 0. The molecule has 34 heavy (non-hydrogen) atoms. The second-order valence-corrected chi connectivity index (χ2v) is 9.72. The van der Waals surface area contributed by atoms with Gasteiger partial charge in [-0.1, -0.05) is 29.8 Å². The van der Waals surface area contributed by atoms with Crippen LogP contribution in [0.15, 0.2) is 77.7 Å². The Bertz CT molecular complexity index is 1210. The number of para-hydroxylation sites is 1. The molecule has 3 aromatic carbocycles. The summed E-state index contributed by atoms with van der Waals surface area (Å²) in [6, 6.07) is 19.3. The summed E-state index contributed by atoms with van der Waals surface area (Å²) in [5.41, 5.74) is 1.12. The van der Waals surface area contributed by atoms with Crippen molar-refractivity contribution in [3.05, 3.63) is 83.4 Å². The molecule has 1 N–H and O–H groups in total. The summed E-state index contributed by atoms with van der Waals surface area (Å²) >= 11 is 5.93. The van der Waals surface area contributed by atoms with Crippen LogP contribution in [0.2, 0.25) is 5.02 Å². The van der Waals surface area contributed by atoms with E-state index >= 15 is 0 Å². The molecule has 7 nitrogen and oxygen atoms in total. The number of amides is 1. The van der Waals surface area contributed by atoms with Gasteiger partial charge in [-0.05, 0) is 68.4 Å². The molecule has 0 aliphatic heterocycles. The normalized spacial score (nSPS) is 12.0. The number of carbonyl (C=O) groups excluding carboxylic acids is 1. The van der Waals surface area contributed by atoms with Gasteiger partial charge in [0.25, 0.3) is 10.0 Å². The van der Waals surface area contributed by atoms with E-state index in [-0.39, 0.29) is 4.90 Å². The Balaban J connectivity index is 1.90. The molecular formula is C25H27ClN2O5S. The van der Waals surface area contributed by atoms with Gasteiger partial charge in [-0.15, -0.1) is 0 Å². The van der Waals surface area contributed by atoms with E-state index in [4.69, 9.17) is 21.1 Å². The van der Waals surface area contributed by atoms with E-state index in [9.17, 15) is 13.2 Å². The number of benzene rings is 3. The van der Waals surface area contributed by atoms with E-state index in [1.54, 1.807) is 37.4 Å². The first-order valence-electron chi connectivity index (χ1n) is 10.7. The van der Waals surface area contributed by atoms with Crippen LogP contribution in [0.3, 0.4) is 0 Å². The van der Waals surface area contributed by atoms with E-state index in [1.165, 1.54) is 24.3 Å². The summed E-state index contributed by atoms with van der Waals surface area (Å²) < 4.78 is 38.9. The average Bonchev–Trinajstić information content (AvgIpc) is 2.83. The topological polar surface area (TPSA) is 84.9 Å². The molecule has 3 aromatic rings. The standard InChI is InChI=1S/C25H27ClN2O5S/c1-4-33-21-13-11-20(12-14-21)28(34(30,31)22-15-9-19(26)10-16-22)17-25(29)27-18(2)23-7-5-6-8-24(23)32-3/h5-16,18H,4,17H2,1-3H3,(H,27,29)/t18-/m0/s1. The average molecular weight is 503 g/mol. The zero-order chi connectivity index (χ0) is 24.7. The van der Waals surface area contributed by atoms with E-state index in [2.05, 4.69) is 5.32 Å². The number of nitrogens with one attached hydrogen (secondary N) is 1. The molecule has 0 saturated heterocycles. The van der Waals surface area contributed by atoms with Crippen LogP contribution < -0.4 is 19.1 Å². The lowest BCUT2D eigenvalue weighted by Crippen LogP contribution is -2.41. The summed E-state index contributed by atoms with van der Waals surface area (Å²) in [5.74, 6) is 0.765. The van der Waals surface area contributed by atoms with Gasteiger partial charge in [-0.2, -0.15) is 0 Å². The van der Waals surface area contributed by atoms with Crippen molar-refractivity contribution in [1.82, 2.24) is 5.32 Å². The first kappa shape index (κ1) is 25.4. The fourth-order valence-electron chi connectivity index (χ4n) is 3.44. The summed E-state index contributed by atoms with van der Waals surface area (Å²) in [4.78, 5) is 13.0. The molecule has 9 heteroatoms. The molecular weight excluding hydrogens is 476 g/mol. The molecule has 0 radical (unpaired) electrons. The number of nitrogens with zero attached hydrogens (tertiary/aromatic N) is 1. The van der Waals surface area contributed by atoms with Crippen molar-refractivity contribution in [3.63, 3.8) is 0 Å². The van der Waals surface area contributed by atoms with Gasteiger partial charge in [0.2, 0.25) is 5.91 Å². The third kappa shape index (κ3) is 6.01. The Morgan fingerprint density at radius 2 is 1.68 bits per heavy atom. The van der Waals surface area contributed by atoms with Crippen molar-refractivity contribution in [3.8, 4) is 11.5 Å². The molecule has 0 fully saturated rings. The second-order valence-electron chi connectivity index (χ2n) is 7.42. The van der Waals surface area contributed by atoms with Crippen LogP contribution in [0.4, 0.5) is 5.69 Å². The fourth-order valence-corrected chi connectivity index (χ4v) is 4.99. The molecule has 180 valence electrons. The predicted octanol–water partition coefficient (Wildman–Crippen LogP) is 4.82. The number of hydrogen-bond acceptors (Lipinski definition) is 5. The second kappa shape index (κ2) is 11.3. The minimum absolute atomic E-state index is 0.0244. The summed E-state index contributed by atoms with van der Waals surface area (Å²) in [7, 11) is -2.50. The van der Waals surface area contributed by atoms with Crippen molar-refractivity contribution in [2.75, 3.05) is 24.6 Å². The Morgan fingerprint density at radius 1 is 1.03 bits per heavy atom. The Morgan fingerprint density at radius 3 is 2.29 bits per heavy atom. The van der Waals surface area contributed by atoms with Gasteiger partial charge in [0.1, 0.15) is 18.0 Å². The molecule has 1 amide bonds. The van der Waals surface area contributed by atoms with Crippen LogP contribution in [-0.4, -0.2) is 34.6 Å². The molecule has 0 aromatic heterocycles. The lowest BCUT2D eigenvalue weighted by Gasteiger charge is -2.25. The molecule has 0 unspecified atom stereocenters. The van der Waals surface area contributed by atoms with Crippen LogP contribution in [0.25, 0.3) is 0 Å². The van der Waals surface area contributed by atoms with E-state index in [1.807, 2.05) is 32.0 Å². The van der Waals surface area contributed by atoms with Crippen molar-refractivity contribution in [1.29, 1.82) is 0 Å². The number of rotatable bonds is 10. The molecule has 0 saturated carbocycles. The van der Waals surface area contributed by atoms with E-state index in [0.29, 0.717) is 28.8 Å². The number of ether oxygens (including phenoxy) is 2. The third-order valence-electron chi connectivity index (χ3n) is 5.11. The highest BCUT2D eigenvalue weighted by Crippen LogP contribution is 2.28. The van der Waals surface area contributed by atoms with Gasteiger partial charge in [0, 0.05) is 10.6 Å². The van der Waals surface area contributed by atoms with Crippen LogP contribution >= 0.6 is 11.6 Å². The maximum atomic E-state index is 13.5. The quantitative estimate of drug-likeness (QED) is 0.429. The van der Waals surface area contributed by atoms with Crippen molar-refractivity contribution in [2.45, 2.75) is 24.8 Å². The Kier molecular flexibility index (Phi) is 8.41. The molecule has 0 aliphatic rings. The van der Waals surface area contributed by atoms with Crippen molar-refractivity contribution >= 4 is 33.2 Å². The van der Waals surface area contributed by atoms with Crippen LogP contribution in [0.1, 0.15) is 25.5 Å². The number of methoxy groups -OCH3 is 1. The summed E-state index contributed by atoms with van der Waals surface area (Å²) in [6.45, 7) is 3.73. The number of sulfonamides is 1. The third-order valence-corrected chi connectivity index (χ3v) is 7.15. The number of carbonyl (C=O) groups is 1. The van der Waals surface area contributed by atoms with Crippen LogP contribution in [0, 0.1) is 0 Å². The molecule has 3 rings (SSSR count). The number of halogens is 1. The molecule has 0 bridgehead atoms. The molecule has 1 atom stereocenters. The number of anilines is 1. The zero-order valence-electron chi connectivity index (χ0n) is 19.2. The molecule has 0 heterocycles. The first-order chi connectivity index (χ1) is 16.3. The van der Waals surface area contributed by atoms with Gasteiger partial charge in [0.05, 0.1) is 30.3 Å². The van der Waals surface area contributed by atoms with Crippen LogP contribution in [-0.2, 0) is 14.8 Å². The number of hydrogen-bond donors (Lipinski definition) is 1. The van der Waals surface area contributed by atoms with E-state index in [0.717, 1.165) is 9.87 Å². The van der Waals surface area contributed by atoms with Gasteiger partial charge in [-0.25, -0.2) is 8.42 Å². The van der Waals surface area contributed by atoms with E-state index < -0.39 is 28.5 Å². The highest BCUT2D eigenvalue weighted by Gasteiger charge is 2.28. The first-order valence-corrected chi connectivity index (χ1v) is 12.5. The smallest absolute Gasteiger partial charge is 0.264 e. The van der Waals surface area contributed by atoms with Gasteiger partial charge < -0.3 is 14.8 Å². The predicted molar refractivity (Wildman–Crippen MR) is 133 cm³/mol. The monoisotopic (exact) mass is 502 g/mol. The minimum Gasteiger partial charge on any atom is -0.496 e. The van der Waals surface area contributed by atoms with Crippen molar-refractivity contribution in [2.24, 2.45) is 0 Å². The Hall–Kier alpha value is -3.23. The highest BCUT2D eigenvalue weighted by molar-refractivity contribution is 7.92. The lowest BCUT2D eigenvalue weighted by atomic mass is 10.1. The largest absolute Gasteiger partial charge is 0.496 e. The maximum Gasteiger partial charge on any atom is 0.264 e. The van der Waals surface area contributed by atoms with Crippen molar-refractivity contribution < 1.29 is 22.7 Å². The summed E-state index contributed by atoms with van der Waals surface area (Å²) in [5, 5.41) is 3.28. The lowest BCUT2D eigenvalue weighted by molar-refractivity contribution is -0.120. The van der Waals surface area contributed by atoms with Crippen LogP contribution in [0.5, 0.6) is 11.5 Å². The molecule has 0 aliphatic carbocycles. The molecule has 0 spiro atoms. The Labute approximate surface area is 205 Å². The van der Waals surface area contributed by atoms with Gasteiger partial charge >= 0.3 is 0 Å². The minimum atomic E-state index is -4.06. The fraction of sp³-hybridized carbons (Fsp3) is 0.240. The maximum absolute atomic E-state index is 13.5. The van der Waals surface area contributed by atoms with Gasteiger partial charge in [-0.3, -0.25) is 9.10 Å². The highest BCUT2D eigenvalue weighted by atomic mass is 35.5. The SMILES string of the molecule is CCOc1ccc(N(CC(=O)N[C@@H](C)c2ccccc2OC)S(=O)(=O)c2ccc(Cl)cc2)cc1.